The number of rotatable bonds is 3. The van der Waals surface area contributed by atoms with Gasteiger partial charge in [-0.15, -0.1) is 0 Å². The fraction of sp³-hybridized carbons (Fsp3) is 0.538. The second kappa shape index (κ2) is 5.85. The minimum Gasteiger partial charge on any atom is -0.508 e. The van der Waals surface area contributed by atoms with Crippen molar-refractivity contribution in [1.29, 1.82) is 0 Å². The van der Waals surface area contributed by atoms with E-state index in [0.717, 1.165) is 42.5 Å². The van der Waals surface area contributed by atoms with Crippen molar-refractivity contribution in [2.45, 2.75) is 25.5 Å². The Morgan fingerprint density at radius 3 is 2.76 bits per heavy atom. The van der Waals surface area contributed by atoms with Gasteiger partial charge in [-0.1, -0.05) is 15.9 Å². The van der Waals surface area contributed by atoms with Crippen molar-refractivity contribution in [2.24, 2.45) is 0 Å². The number of ether oxygens (including phenoxy) is 1. The third-order valence-corrected chi connectivity index (χ3v) is 3.80. The van der Waals surface area contributed by atoms with Crippen LogP contribution in [0.25, 0.3) is 0 Å². The van der Waals surface area contributed by atoms with Gasteiger partial charge < -0.3 is 9.84 Å². The number of hydrogen-bond acceptors (Lipinski definition) is 3. The molecule has 0 atom stereocenters. The molecule has 1 saturated heterocycles. The maximum atomic E-state index is 9.79. The Hall–Kier alpha value is -0.580. The van der Waals surface area contributed by atoms with Crippen molar-refractivity contribution < 1.29 is 9.84 Å². The summed E-state index contributed by atoms with van der Waals surface area (Å²) < 4.78 is 6.36. The molecule has 0 amide bonds. The summed E-state index contributed by atoms with van der Waals surface area (Å²) in [6, 6.07) is 5.58. The van der Waals surface area contributed by atoms with Crippen molar-refractivity contribution in [1.82, 2.24) is 4.90 Å². The number of methoxy groups -OCH3 is 1. The van der Waals surface area contributed by atoms with Crippen LogP contribution in [0.3, 0.4) is 0 Å². The molecule has 94 valence electrons. The molecule has 0 saturated carbocycles. The first-order valence-corrected chi connectivity index (χ1v) is 6.71. The Kier molecular flexibility index (Phi) is 4.42. The number of likely N-dealkylation sites (tertiary alicyclic amines) is 1. The highest BCUT2D eigenvalue weighted by Gasteiger charge is 2.19. The first kappa shape index (κ1) is 12.9. The van der Waals surface area contributed by atoms with E-state index in [0.29, 0.717) is 11.9 Å². The molecule has 0 radical (unpaired) electrons. The lowest BCUT2D eigenvalue weighted by Crippen LogP contribution is -2.36. The summed E-state index contributed by atoms with van der Waals surface area (Å²) >= 11 is 3.43. The number of halogens is 1. The molecule has 0 aliphatic carbocycles. The van der Waals surface area contributed by atoms with Gasteiger partial charge in [-0.05, 0) is 31.0 Å². The minimum absolute atomic E-state index is 0.377. The summed E-state index contributed by atoms with van der Waals surface area (Å²) in [5.74, 6) is 0.377. The lowest BCUT2D eigenvalue weighted by Gasteiger charge is -2.31. The molecule has 4 heteroatoms. The van der Waals surface area contributed by atoms with E-state index in [4.69, 9.17) is 4.74 Å². The lowest BCUT2D eigenvalue weighted by atomic mass is 10.1. The first-order chi connectivity index (χ1) is 8.19. The van der Waals surface area contributed by atoms with Crippen LogP contribution >= 0.6 is 15.9 Å². The second-order valence-corrected chi connectivity index (χ2v) is 5.40. The molecular weight excluding hydrogens is 282 g/mol. The molecule has 0 spiro atoms. The van der Waals surface area contributed by atoms with Crippen LogP contribution in [0.1, 0.15) is 18.4 Å². The fourth-order valence-corrected chi connectivity index (χ4v) is 2.63. The van der Waals surface area contributed by atoms with Gasteiger partial charge in [0, 0.05) is 36.8 Å². The Morgan fingerprint density at radius 1 is 1.41 bits per heavy atom. The molecule has 0 aromatic heterocycles. The summed E-state index contributed by atoms with van der Waals surface area (Å²) in [6.45, 7) is 2.87. The maximum Gasteiger partial charge on any atom is 0.120 e. The lowest BCUT2D eigenvalue weighted by molar-refractivity contribution is 0.0387. The largest absolute Gasteiger partial charge is 0.508 e. The van der Waals surface area contributed by atoms with Crippen LogP contribution in [0.2, 0.25) is 0 Å². The predicted octanol–water partition coefficient (Wildman–Crippen LogP) is 2.77. The highest BCUT2D eigenvalue weighted by molar-refractivity contribution is 9.10. The fourth-order valence-electron chi connectivity index (χ4n) is 2.22. The summed E-state index contributed by atoms with van der Waals surface area (Å²) in [5, 5.41) is 9.79. The third kappa shape index (κ3) is 3.44. The zero-order chi connectivity index (χ0) is 12.3. The van der Waals surface area contributed by atoms with E-state index in [9.17, 15) is 5.11 Å². The first-order valence-electron chi connectivity index (χ1n) is 5.91. The number of phenolic OH excluding ortho intramolecular Hbond substituents is 1. The van der Waals surface area contributed by atoms with Crippen LogP contribution in [-0.2, 0) is 11.3 Å². The highest BCUT2D eigenvalue weighted by atomic mass is 79.9. The van der Waals surface area contributed by atoms with Crippen LogP contribution in [0.5, 0.6) is 5.75 Å². The van der Waals surface area contributed by atoms with Gasteiger partial charge in [-0.25, -0.2) is 0 Å². The summed E-state index contributed by atoms with van der Waals surface area (Å²) in [7, 11) is 1.78. The third-order valence-electron chi connectivity index (χ3n) is 3.30. The van der Waals surface area contributed by atoms with Crippen molar-refractivity contribution in [3.8, 4) is 5.75 Å². The van der Waals surface area contributed by atoms with Gasteiger partial charge in [0.25, 0.3) is 0 Å². The number of benzene rings is 1. The molecule has 3 nitrogen and oxygen atoms in total. The zero-order valence-corrected chi connectivity index (χ0v) is 11.6. The van der Waals surface area contributed by atoms with E-state index in [2.05, 4.69) is 20.8 Å². The van der Waals surface area contributed by atoms with Crippen LogP contribution in [0, 0.1) is 0 Å². The monoisotopic (exact) mass is 299 g/mol. The van der Waals surface area contributed by atoms with E-state index in [1.807, 2.05) is 12.1 Å². The zero-order valence-electron chi connectivity index (χ0n) is 10.0. The molecule has 17 heavy (non-hydrogen) atoms. The molecule has 1 heterocycles. The number of piperidine rings is 1. The number of aromatic hydroxyl groups is 1. The second-order valence-electron chi connectivity index (χ2n) is 4.48. The smallest absolute Gasteiger partial charge is 0.120 e. The molecule has 1 aliphatic rings. The number of phenols is 1. The van der Waals surface area contributed by atoms with Crippen molar-refractivity contribution in [2.75, 3.05) is 20.2 Å². The Morgan fingerprint density at radius 2 is 2.12 bits per heavy atom. The SMILES string of the molecule is COC1CCN(Cc2cc(Br)ccc2O)CC1. The van der Waals surface area contributed by atoms with Gasteiger partial charge in [0.05, 0.1) is 6.10 Å². The molecule has 0 unspecified atom stereocenters. The van der Waals surface area contributed by atoms with Crippen molar-refractivity contribution >= 4 is 15.9 Å². The van der Waals surface area contributed by atoms with Gasteiger partial charge >= 0.3 is 0 Å². The van der Waals surface area contributed by atoms with Crippen LogP contribution < -0.4 is 0 Å². The van der Waals surface area contributed by atoms with Crippen molar-refractivity contribution in [3.63, 3.8) is 0 Å². The van der Waals surface area contributed by atoms with E-state index in [1.165, 1.54) is 0 Å². The predicted molar refractivity (Wildman–Crippen MR) is 71.1 cm³/mol. The Bertz CT molecular complexity index is 376. The van der Waals surface area contributed by atoms with E-state index in [-0.39, 0.29) is 0 Å². The molecule has 1 aromatic rings. The molecule has 0 bridgehead atoms. The maximum absolute atomic E-state index is 9.79. The van der Waals surface area contributed by atoms with E-state index in [1.54, 1.807) is 13.2 Å². The van der Waals surface area contributed by atoms with E-state index < -0.39 is 0 Å². The van der Waals surface area contributed by atoms with Gasteiger partial charge in [0.2, 0.25) is 0 Å². The average Bonchev–Trinajstić information content (AvgIpc) is 2.35. The quantitative estimate of drug-likeness (QED) is 0.931. The highest BCUT2D eigenvalue weighted by Crippen LogP contribution is 2.24. The topological polar surface area (TPSA) is 32.7 Å². The summed E-state index contributed by atoms with van der Waals surface area (Å²) in [5.41, 5.74) is 0.982. The summed E-state index contributed by atoms with van der Waals surface area (Å²) in [4.78, 5) is 2.36. The van der Waals surface area contributed by atoms with Gasteiger partial charge in [-0.2, -0.15) is 0 Å². The molecule has 1 N–H and O–H groups in total. The molecule has 1 fully saturated rings. The van der Waals surface area contributed by atoms with Crippen LogP contribution in [0.15, 0.2) is 22.7 Å². The van der Waals surface area contributed by atoms with E-state index >= 15 is 0 Å². The molecule has 2 rings (SSSR count). The number of nitrogens with zero attached hydrogens (tertiary/aromatic N) is 1. The van der Waals surface area contributed by atoms with Crippen LogP contribution in [-0.4, -0.2) is 36.3 Å². The van der Waals surface area contributed by atoms with Gasteiger partial charge in [0.1, 0.15) is 5.75 Å². The summed E-state index contributed by atoms with van der Waals surface area (Å²) in [6.07, 6.45) is 2.55. The Labute approximate surface area is 111 Å². The van der Waals surface area contributed by atoms with Gasteiger partial charge in [-0.3, -0.25) is 4.90 Å². The molecule has 1 aromatic carbocycles. The Balaban J connectivity index is 1.95. The van der Waals surface area contributed by atoms with Gasteiger partial charge in [0.15, 0.2) is 0 Å². The standard InChI is InChI=1S/C13H18BrNO2/c1-17-12-4-6-15(7-5-12)9-10-8-11(14)2-3-13(10)16/h2-3,8,12,16H,4-7,9H2,1H3. The van der Waals surface area contributed by atoms with Crippen molar-refractivity contribution in [3.05, 3.63) is 28.2 Å². The normalized spacial score (nSPS) is 18.5. The molecule has 1 aliphatic heterocycles. The minimum atomic E-state index is 0.377. The average molecular weight is 300 g/mol. The molecular formula is C13H18BrNO2. The van der Waals surface area contributed by atoms with Crippen LogP contribution in [0.4, 0.5) is 0 Å². The number of hydrogen-bond donors (Lipinski definition) is 1.